The van der Waals surface area contributed by atoms with Gasteiger partial charge in [0, 0.05) is 48.0 Å². The van der Waals surface area contributed by atoms with Crippen LogP contribution in [0.3, 0.4) is 0 Å². The molecule has 4 aliphatic rings. The molecule has 1 aliphatic heterocycles. The van der Waals surface area contributed by atoms with E-state index in [0.717, 1.165) is 17.1 Å². The molecule has 0 saturated heterocycles. The summed E-state index contributed by atoms with van der Waals surface area (Å²) in [5.74, 6) is 0. The lowest BCUT2D eigenvalue weighted by molar-refractivity contribution is 0.748. The second-order valence-corrected chi connectivity index (χ2v) is 22.5. The highest BCUT2D eigenvalue weighted by atomic mass is 32.1. The van der Waals surface area contributed by atoms with Crippen molar-refractivity contribution in [3.8, 4) is 50.2 Å². The molecule has 77 heavy (non-hydrogen) atoms. The topological polar surface area (TPSA) is 8.17 Å². The Morgan fingerprint density at radius 3 is 1.38 bits per heavy atom. The number of hydrogen-bond acceptors (Lipinski definition) is 2. The highest BCUT2D eigenvalue weighted by molar-refractivity contribution is 7.25. The maximum Gasteiger partial charge on any atom is 0.0755 e. The lowest BCUT2D eigenvalue weighted by atomic mass is 9.65. The number of thiophene rings is 1. The normalized spacial score (nSPS) is 15.4. The van der Waals surface area contributed by atoms with E-state index in [2.05, 4.69) is 276 Å². The summed E-state index contributed by atoms with van der Waals surface area (Å²) in [6.07, 6.45) is 0. The van der Waals surface area contributed by atoms with Crippen molar-refractivity contribution in [2.24, 2.45) is 0 Å². The quantitative estimate of drug-likeness (QED) is 0.171. The van der Waals surface area contributed by atoms with E-state index >= 15 is 0 Å². The molecule has 1 atom stereocenters. The molecule has 0 radical (unpaired) electrons. The third kappa shape index (κ3) is 5.20. The number of fused-ring (bicyclic) bond motifs is 25. The molecule has 356 valence electrons. The Morgan fingerprint density at radius 2 is 0.740 bits per heavy atom. The molecular weight excluding hydrogens is 949 g/mol. The van der Waals surface area contributed by atoms with Gasteiger partial charge in [-0.15, -0.1) is 11.3 Å². The second kappa shape index (κ2) is 15.1. The van der Waals surface area contributed by atoms with Gasteiger partial charge < -0.3 is 9.47 Å². The van der Waals surface area contributed by atoms with Crippen LogP contribution in [0.4, 0.5) is 17.1 Å². The van der Waals surface area contributed by atoms with Crippen LogP contribution < -0.4 is 4.90 Å². The Labute approximate surface area is 449 Å². The number of anilines is 3. The van der Waals surface area contributed by atoms with Gasteiger partial charge in [-0.2, -0.15) is 0 Å². The van der Waals surface area contributed by atoms with Crippen LogP contribution in [0.2, 0.25) is 0 Å². The molecule has 0 amide bonds. The van der Waals surface area contributed by atoms with Gasteiger partial charge in [-0.25, -0.2) is 0 Å². The summed E-state index contributed by atoms with van der Waals surface area (Å²) in [5, 5.41) is 5.20. The van der Waals surface area contributed by atoms with Crippen LogP contribution >= 0.6 is 11.3 Å². The molecule has 2 spiro atoms. The number of nitrogens with zero attached hydrogens (tertiary/aromatic N) is 2. The fourth-order valence-corrected chi connectivity index (χ4v) is 16.2. The second-order valence-electron chi connectivity index (χ2n) is 21.4. The van der Waals surface area contributed by atoms with Crippen molar-refractivity contribution in [3.05, 3.63) is 311 Å². The first kappa shape index (κ1) is 41.8. The molecule has 14 aromatic rings. The molecule has 2 aromatic heterocycles. The standard InChI is InChI=1S/C74H44N2S/c1-7-23-60-50(16-1)51-17-2-8-24-61(51)73(60)62-25-9-3-18-52(62)54-40-37-48(43-66(54)73)75(47-35-32-45(33-36-47)46-34-39-58-57-21-6-14-31-70(57)77-71(58)42-46)49-38-41-55-53-19-4-10-26-63(53)74(67(55)44-49)64-27-11-13-30-69(64)76-68-29-12-5-20-56(68)59-22-15-28-65(74)72(59)76/h1-44H. The summed E-state index contributed by atoms with van der Waals surface area (Å²) in [6, 6.07) is 101. The highest BCUT2D eigenvalue weighted by Crippen LogP contribution is 2.65. The largest absolute Gasteiger partial charge is 0.310 e. The minimum absolute atomic E-state index is 0.484. The Bertz CT molecular complexity index is 4830. The monoisotopic (exact) mass is 992 g/mol. The summed E-state index contributed by atoms with van der Waals surface area (Å²) in [7, 11) is 0. The van der Waals surface area contributed by atoms with Gasteiger partial charge in [0.05, 0.1) is 27.6 Å². The van der Waals surface area contributed by atoms with Crippen molar-refractivity contribution in [2.75, 3.05) is 4.90 Å². The maximum atomic E-state index is 2.55. The molecule has 3 aliphatic carbocycles. The van der Waals surface area contributed by atoms with Crippen LogP contribution in [0.15, 0.2) is 267 Å². The lowest BCUT2D eigenvalue weighted by Crippen LogP contribution is -2.33. The molecule has 0 N–H and O–H groups in total. The zero-order valence-corrected chi connectivity index (χ0v) is 42.5. The third-order valence-corrected chi connectivity index (χ3v) is 19.1. The van der Waals surface area contributed by atoms with Crippen LogP contribution in [0.1, 0.15) is 44.5 Å². The number of hydrogen-bond donors (Lipinski definition) is 0. The van der Waals surface area contributed by atoms with Crippen LogP contribution in [0.5, 0.6) is 0 Å². The zero-order valence-electron chi connectivity index (χ0n) is 41.7. The van der Waals surface area contributed by atoms with E-state index in [-0.39, 0.29) is 0 Å². The lowest BCUT2D eigenvalue weighted by Gasteiger charge is -2.40. The highest BCUT2D eigenvalue weighted by Gasteiger charge is 2.53. The van der Waals surface area contributed by atoms with Gasteiger partial charge in [0.1, 0.15) is 0 Å². The Kier molecular flexibility index (Phi) is 8.18. The summed E-state index contributed by atoms with van der Waals surface area (Å²) < 4.78 is 5.17. The van der Waals surface area contributed by atoms with E-state index in [1.54, 1.807) is 0 Å². The first-order chi connectivity index (χ1) is 38.2. The van der Waals surface area contributed by atoms with Gasteiger partial charge in [-0.05, 0) is 150 Å². The van der Waals surface area contributed by atoms with Gasteiger partial charge in [0.25, 0.3) is 0 Å². The van der Waals surface area contributed by atoms with Crippen LogP contribution in [-0.2, 0) is 10.8 Å². The van der Waals surface area contributed by atoms with Crippen LogP contribution in [-0.4, -0.2) is 4.57 Å². The molecule has 0 fully saturated rings. The first-order valence-corrected chi connectivity index (χ1v) is 27.6. The first-order valence-electron chi connectivity index (χ1n) is 26.8. The van der Waals surface area contributed by atoms with Crippen molar-refractivity contribution in [1.29, 1.82) is 0 Å². The summed E-state index contributed by atoms with van der Waals surface area (Å²) in [4.78, 5) is 2.53. The molecule has 3 heterocycles. The van der Waals surface area contributed by atoms with Crippen molar-refractivity contribution in [3.63, 3.8) is 0 Å². The average Bonchev–Trinajstić information content (AvgIpc) is 4.00. The van der Waals surface area contributed by atoms with Gasteiger partial charge in [-0.1, -0.05) is 206 Å². The molecule has 2 nitrogen and oxygen atoms in total. The number of benzene rings is 12. The van der Waals surface area contributed by atoms with Crippen molar-refractivity contribution in [2.45, 2.75) is 10.8 Å². The third-order valence-electron chi connectivity index (χ3n) is 18.0. The van der Waals surface area contributed by atoms with E-state index in [1.807, 2.05) is 11.3 Å². The SMILES string of the molecule is c1ccc2c(c1)-c1ccccc1C21c2ccccc2-c2ccc(N(c3ccc(-c4ccc5c(c4)sc4ccccc45)cc3)c3ccc4c(c3)C3(c5ccccc5-4)c4ccccc4-n4c5ccccc5c5cccc3c54)cc21. The van der Waals surface area contributed by atoms with E-state index in [9.17, 15) is 0 Å². The maximum absolute atomic E-state index is 2.55. The van der Waals surface area contributed by atoms with Crippen molar-refractivity contribution < 1.29 is 0 Å². The number of rotatable bonds is 4. The van der Waals surface area contributed by atoms with Gasteiger partial charge >= 0.3 is 0 Å². The molecular formula is C74H44N2S. The van der Waals surface area contributed by atoms with E-state index < -0.39 is 10.8 Å². The fraction of sp³-hybridized carbons (Fsp3) is 0.0270. The molecule has 0 saturated carbocycles. The summed E-state index contributed by atoms with van der Waals surface area (Å²) in [6.45, 7) is 0. The van der Waals surface area contributed by atoms with Gasteiger partial charge in [-0.3, -0.25) is 0 Å². The van der Waals surface area contributed by atoms with Crippen molar-refractivity contribution >= 4 is 70.4 Å². The van der Waals surface area contributed by atoms with Gasteiger partial charge in [0.15, 0.2) is 0 Å². The van der Waals surface area contributed by atoms with Crippen LogP contribution in [0.25, 0.3) is 92.2 Å². The summed E-state index contributed by atoms with van der Waals surface area (Å²) >= 11 is 1.87. The predicted octanol–water partition coefficient (Wildman–Crippen LogP) is 19.3. The average molecular weight is 993 g/mol. The van der Waals surface area contributed by atoms with Gasteiger partial charge in [0.2, 0.25) is 0 Å². The minimum atomic E-state index is -0.593. The molecule has 12 aromatic carbocycles. The molecule has 18 rings (SSSR count). The minimum Gasteiger partial charge on any atom is -0.310 e. The van der Waals surface area contributed by atoms with Crippen molar-refractivity contribution in [1.82, 2.24) is 4.57 Å². The summed E-state index contributed by atoms with van der Waals surface area (Å²) in [5.41, 5.74) is 26.8. The Morgan fingerprint density at radius 1 is 0.286 bits per heavy atom. The Hall–Kier alpha value is -9.54. The van der Waals surface area contributed by atoms with E-state index in [0.29, 0.717) is 0 Å². The van der Waals surface area contributed by atoms with Crippen LogP contribution in [0, 0.1) is 0 Å². The molecule has 0 bridgehead atoms. The number of para-hydroxylation sites is 3. The molecule has 1 unspecified atom stereocenters. The predicted molar refractivity (Wildman–Crippen MR) is 321 cm³/mol. The molecule has 3 heteroatoms. The smallest absolute Gasteiger partial charge is 0.0755 e. The fourth-order valence-electron chi connectivity index (χ4n) is 15.1. The Balaban J connectivity index is 0.892. The van der Waals surface area contributed by atoms with E-state index in [1.165, 1.54) is 137 Å². The number of aromatic nitrogens is 1. The zero-order chi connectivity index (χ0) is 50.1. The van der Waals surface area contributed by atoms with E-state index in [4.69, 9.17) is 0 Å².